The molecule has 0 saturated carbocycles. The van der Waals surface area contributed by atoms with Gasteiger partial charge in [0.05, 0.1) is 19.3 Å². The van der Waals surface area contributed by atoms with Gasteiger partial charge in [-0.2, -0.15) is 0 Å². The summed E-state index contributed by atoms with van der Waals surface area (Å²) in [7, 11) is 0. The molecule has 0 radical (unpaired) electrons. The summed E-state index contributed by atoms with van der Waals surface area (Å²) in [6.45, 7) is 3.88. The molecule has 0 aliphatic carbocycles. The van der Waals surface area contributed by atoms with Crippen molar-refractivity contribution in [2.45, 2.75) is 25.6 Å². The third kappa shape index (κ3) is 4.20. The van der Waals surface area contributed by atoms with Crippen LogP contribution in [0, 0.1) is 0 Å². The van der Waals surface area contributed by atoms with Gasteiger partial charge in [0.25, 0.3) is 0 Å². The van der Waals surface area contributed by atoms with E-state index in [1.54, 1.807) is 11.3 Å². The number of ether oxygens (including phenoxy) is 1. The predicted molar refractivity (Wildman–Crippen MR) is 78.3 cm³/mol. The number of morpholine rings is 1. The lowest BCUT2D eigenvalue weighted by Gasteiger charge is -2.29. The molecule has 1 amide bonds. The number of hydrogen-bond donors (Lipinski definition) is 2. The Morgan fingerprint density at radius 1 is 1.72 bits per heavy atom. The molecule has 1 aliphatic rings. The van der Waals surface area contributed by atoms with Crippen LogP contribution >= 0.6 is 39.7 Å². The molecule has 0 bridgehead atoms. The van der Waals surface area contributed by atoms with E-state index in [1.165, 1.54) is 0 Å². The summed E-state index contributed by atoms with van der Waals surface area (Å²) in [5, 5.41) is 8.09. The molecule has 1 aliphatic heterocycles. The molecule has 1 saturated heterocycles. The summed E-state index contributed by atoms with van der Waals surface area (Å²) in [4.78, 5) is 13.1. The quantitative estimate of drug-likeness (QED) is 0.871. The van der Waals surface area contributed by atoms with Crippen LogP contribution in [-0.2, 0) is 16.1 Å². The molecular formula is C11H16BrClN2O2S. The molecule has 7 heteroatoms. The third-order valence-electron chi connectivity index (χ3n) is 2.66. The average Bonchev–Trinajstić information content (AvgIpc) is 2.73. The smallest absolute Gasteiger partial charge is 0.240 e. The zero-order valence-electron chi connectivity index (χ0n) is 9.94. The highest BCUT2D eigenvalue weighted by Gasteiger charge is 2.27. The van der Waals surface area contributed by atoms with Crippen molar-refractivity contribution in [3.63, 3.8) is 0 Å². The fourth-order valence-corrected chi connectivity index (χ4v) is 3.15. The van der Waals surface area contributed by atoms with Crippen LogP contribution in [0.2, 0.25) is 0 Å². The van der Waals surface area contributed by atoms with Crippen LogP contribution in [0.25, 0.3) is 0 Å². The van der Waals surface area contributed by atoms with E-state index < -0.39 is 0 Å². The van der Waals surface area contributed by atoms with Crippen molar-refractivity contribution in [1.82, 2.24) is 10.6 Å². The first-order valence-electron chi connectivity index (χ1n) is 5.52. The standard InChI is InChI=1S/C11H15BrN2O2S.ClH/c1-7-10(13-2-3-16-7)11(15)14-5-9-4-8(12)6-17-9;/h4,6-7,10,13H,2-3,5H2,1H3,(H,14,15);1H/t7-,10+;/m1./s1. The van der Waals surface area contributed by atoms with Gasteiger partial charge in [-0.05, 0) is 28.9 Å². The molecule has 0 aromatic carbocycles. The summed E-state index contributed by atoms with van der Waals surface area (Å²) in [5.74, 6) is 0.00159. The first-order valence-corrected chi connectivity index (χ1v) is 7.19. The Kier molecular flexibility index (Phi) is 6.59. The highest BCUT2D eigenvalue weighted by Crippen LogP contribution is 2.19. The van der Waals surface area contributed by atoms with Crippen LogP contribution in [0.4, 0.5) is 0 Å². The van der Waals surface area contributed by atoms with Gasteiger partial charge in [-0.3, -0.25) is 4.79 Å². The average molecular weight is 356 g/mol. The molecule has 1 aromatic heterocycles. The Bertz CT molecular complexity index is 402. The Morgan fingerprint density at radius 3 is 3.11 bits per heavy atom. The van der Waals surface area contributed by atoms with Crippen molar-refractivity contribution in [2.24, 2.45) is 0 Å². The van der Waals surface area contributed by atoms with E-state index in [0.29, 0.717) is 13.2 Å². The van der Waals surface area contributed by atoms with Crippen LogP contribution in [0.1, 0.15) is 11.8 Å². The first kappa shape index (κ1) is 15.9. The molecule has 0 unspecified atom stereocenters. The van der Waals surface area contributed by atoms with Crippen LogP contribution in [0.5, 0.6) is 0 Å². The molecular weight excluding hydrogens is 340 g/mol. The fourth-order valence-electron chi connectivity index (χ4n) is 1.76. The molecule has 2 heterocycles. The van der Waals surface area contributed by atoms with Crippen molar-refractivity contribution in [1.29, 1.82) is 0 Å². The van der Waals surface area contributed by atoms with E-state index >= 15 is 0 Å². The largest absolute Gasteiger partial charge is 0.375 e. The van der Waals surface area contributed by atoms with E-state index in [4.69, 9.17) is 4.74 Å². The van der Waals surface area contributed by atoms with Gasteiger partial charge >= 0.3 is 0 Å². The van der Waals surface area contributed by atoms with Gasteiger partial charge in [0.15, 0.2) is 0 Å². The summed E-state index contributed by atoms with van der Waals surface area (Å²) in [5.41, 5.74) is 0. The number of nitrogens with one attached hydrogen (secondary N) is 2. The molecule has 1 fully saturated rings. The lowest BCUT2D eigenvalue weighted by Crippen LogP contribution is -2.55. The van der Waals surface area contributed by atoms with Crippen LogP contribution in [0.3, 0.4) is 0 Å². The maximum atomic E-state index is 11.9. The van der Waals surface area contributed by atoms with Crippen LogP contribution in [0.15, 0.2) is 15.9 Å². The van der Waals surface area contributed by atoms with E-state index in [2.05, 4.69) is 26.6 Å². The van der Waals surface area contributed by atoms with Gasteiger partial charge in [-0.25, -0.2) is 0 Å². The molecule has 102 valence electrons. The van der Waals surface area contributed by atoms with Crippen molar-refractivity contribution < 1.29 is 9.53 Å². The minimum absolute atomic E-state index is 0. The van der Waals surface area contributed by atoms with E-state index in [9.17, 15) is 4.79 Å². The number of carbonyl (C=O) groups excluding carboxylic acids is 1. The zero-order valence-corrected chi connectivity index (χ0v) is 13.2. The molecule has 4 nitrogen and oxygen atoms in total. The third-order valence-corrected chi connectivity index (χ3v) is 4.36. The second-order valence-electron chi connectivity index (χ2n) is 3.96. The fraction of sp³-hybridized carbons (Fsp3) is 0.545. The van der Waals surface area contributed by atoms with Crippen LogP contribution < -0.4 is 10.6 Å². The molecule has 2 rings (SSSR count). The molecule has 2 N–H and O–H groups in total. The van der Waals surface area contributed by atoms with Gasteiger partial charge in [0.1, 0.15) is 6.04 Å². The van der Waals surface area contributed by atoms with Gasteiger partial charge in [0.2, 0.25) is 5.91 Å². The monoisotopic (exact) mass is 354 g/mol. The molecule has 18 heavy (non-hydrogen) atoms. The van der Waals surface area contributed by atoms with Crippen molar-refractivity contribution >= 4 is 45.6 Å². The Morgan fingerprint density at radius 2 is 2.50 bits per heavy atom. The second-order valence-corrected chi connectivity index (χ2v) is 5.87. The summed E-state index contributed by atoms with van der Waals surface area (Å²) in [6, 6.07) is 1.77. The predicted octanol–water partition coefficient (Wildman–Crippen LogP) is 1.93. The Hall–Kier alpha value is -0.140. The molecule has 2 atom stereocenters. The second kappa shape index (κ2) is 7.45. The first-order chi connectivity index (χ1) is 8.16. The minimum Gasteiger partial charge on any atom is -0.375 e. The minimum atomic E-state index is -0.243. The van der Waals surface area contributed by atoms with Gasteiger partial charge in [0, 0.05) is 21.3 Å². The summed E-state index contributed by atoms with van der Waals surface area (Å²) in [6.07, 6.45) is -0.0705. The van der Waals surface area contributed by atoms with E-state index in [-0.39, 0.29) is 30.5 Å². The normalized spacial score (nSPS) is 23.2. The maximum absolute atomic E-state index is 11.9. The topological polar surface area (TPSA) is 50.4 Å². The van der Waals surface area contributed by atoms with Crippen molar-refractivity contribution in [2.75, 3.05) is 13.2 Å². The van der Waals surface area contributed by atoms with E-state index in [0.717, 1.165) is 15.9 Å². The number of halogens is 2. The van der Waals surface area contributed by atoms with E-state index in [1.807, 2.05) is 18.4 Å². The maximum Gasteiger partial charge on any atom is 0.240 e. The van der Waals surface area contributed by atoms with Crippen molar-refractivity contribution in [3.05, 3.63) is 20.8 Å². The van der Waals surface area contributed by atoms with Gasteiger partial charge in [-0.15, -0.1) is 23.7 Å². The summed E-state index contributed by atoms with van der Waals surface area (Å²) >= 11 is 5.02. The molecule has 1 aromatic rings. The number of amides is 1. The Balaban J connectivity index is 0.00000162. The lowest BCUT2D eigenvalue weighted by molar-refractivity contribution is -0.129. The highest BCUT2D eigenvalue weighted by atomic mass is 79.9. The highest BCUT2D eigenvalue weighted by molar-refractivity contribution is 9.10. The van der Waals surface area contributed by atoms with Crippen LogP contribution in [-0.4, -0.2) is 31.2 Å². The SMILES string of the molecule is C[C@H]1OCCN[C@@H]1C(=O)NCc1cc(Br)cs1.Cl. The number of hydrogen-bond acceptors (Lipinski definition) is 4. The van der Waals surface area contributed by atoms with Gasteiger partial charge < -0.3 is 15.4 Å². The lowest BCUT2D eigenvalue weighted by atomic mass is 10.1. The Labute approximate surface area is 125 Å². The molecule has 0 spiro atoms. The van der Waals surface area contributed by atoms with Crippen molar-refractivity contribution in [3.8, 4) is 0 Å². The summed E-state index contributed by atoms with van der Waals surface area (Å²) < 4.78 is 6.49. The number of thiophene rings is 1. The zero-order chi connectivity index (χ0) is 12.3. The number of rotatable bonds is 3. The number of carbonyl (C=O) groups is 1. The van der Waals surface area contributed by atoms with Gasteiger partial charge in [-0.1, -0.05) is 0 Å².